The lowest BCUT2D eigenvalue weighted by Crippen LogP contribution is -2.02. The smallest absolute Gasteiger partial charge is 0.181 e. The molecule has 0 saturated heterocycles. The van der Waals surface area contributed by atoms with Crippen LogP contribution in [-0.2, 0) is 6.54 Å². The molecule has 0 radical (unpaired) electrons. The van der Waals surface area contributed by atoms with E-state index >= 15 is 0 Å². The van der Waals surface area contributed by atoms with Gasteiger partial charge in [0.25, 0.3) is 0 Å². The van der Waals surface area contributed by atoms with Crippen molar-refractivity contribution in [2.75, 3.05) is 5.32 Å². The fourth-order valence-corrected chi connectivity index (χ4v) is 1.72. The van der Waals surface area contributed by atoms with E-state index in [1.807, 2.05) is 0 Å². The van der Waals surface area contributed by atoms with Crippen LogP contribution in [0.15, 0.2) is 36.4 Å². The highest BCUT2D eigenvalue weighted by Gasteiger charge is 2.08. The lowest BCUT2D eigenvalue weighted by atomic mass is 10.2. The van der Waals surface area contributed by atoms with E-state index in [2.05, 4.69) is 5.32 Å². The molecule has 5 heteroatoms. The molecule has 0 unspecified atom stereocenters. The van der Waals surface area contributed by atoms with Gasteiger partial charge in [-0.1, -0.05) is 17.7 Å². The zero-order chi connectivity index (χ0) is 13.1. The SMILES string of the molecule is Oc1ccc(Cl)cc1CNc1cccc(F)c1F. The van der Waals surface area contributed by atoms with Crippen molar-refractivity contribution in [3.8, 4) is 5.75 Å². The van der Waals surface area contributed by atoms with Gasteiger partial charge in [0.1, 0.15) is 5.75 Å². The van der Waals surface area contributed by atoms with Gasteiger partial charge in [-0.05, 0) is 30.3 Å². The van der Waals surface area contributed by atoms with E-state index in [1.54, 1.807) is 12.1 Å². The number of hydrogen-bond donors (Lipinski definition) is 2. The van der Waals surface area contributed by atoms with Gasteiger partial charge in [0, 0.05) is 17.1 Å². The highest BCUT2D eigenvalue weighted by atomic mass is 35.5. The second-order valence-corrected chi connectivity index (χ2v) is 4.16. The van der Waals surface area contributed by atoms with Gasteiger partial charge >= 0.3 is 0 Å². The fraction of sp³-hybridized carbons (Fsp3) is 0.0769. The number of aromatic hydroxyl groups is 1. The Kier molecular flexibility index (Phi) is 3.67. The zero-order valence-electron chi connectivity index (χ0n) is 9.25. The molecule has 2 N–H and O–H groups in total. The first kappa shape index (κ1) is 12.6. The first-order chi connectivity index (χ1) is 8.58. The molecule has 0 bridgehead atoms. The molecule has 0 aromatic heterocycles. The van der Waals surface area contributed by atoms with E-state index in [4.69, 9.17) is 11.6 Å². The van der Waals surface area contributed by atoms with E-state index < -0.39 is 11.6 Å². The first-order valence-electron chi connectivity index (χ1n) is 5.23. The molecule has 2 aromatic carbocycles. The van der Waals surface area contributed by atoms with Crippen molar-refractivity contribution in [3.63, 3.8) is 0 Å². The lowest BCUT2D eigenvalue weighted by Gasteiger charge is -2.09. The molecule has 2 nitrogen and oxygen atoms in total. The predicted molar refractivity (Wildman–Crippen MR) is 66.8 cm³/mol. The van der Waals surface area contributed by atoms with Crippen LogP contribution in [0.3, 0.4) is 0 Å². The van der Waals surface area contributed by atoms with Crippen molar-refractivity contribution in [1.29, 1.82) is 0 Å². The normalized spacial score (nSPS) is 10.4. The van der Waals surface area contributed by atoms with Crippen LogP contribution >= 0.6 is 11.6 Å². The summed E-state index contributed by atoms with van der Waals surface area (Å²) >= 11 is 5.78. The maximum absolute atomic E-state index is 13.4. The van der Waals surface area contributed by atoms with Gasteiger partial charge in [0.15, 0.2) is 11.6 Å². The summed E-state index contributed by atoms with van der Waals surface area (Å²) in [5.41, 5.74) is 0.542. The predicted octanol–water partition coefficient (Wildman–Crippen LogP) is 3.94. The summed E-state index contributed by atoms with van der Waals surface area (Å²) in [5, 5.41) is 12.7. The molecule has 0 fully saturated rings. The molecule has 0 aliphatic carbocycles. The largest absolute Gasteiger partial charge is 0.508 e. The topological polar surface area (TPSA) is 32.3 Å². The molecule has 0 amide bonds. The number of anilines is 1. The molecule has 0 saturated carbocycles. The average Bonchev–Trinajstić information content (AvgIpc) is 2.35. The number of hydrogen-bond acceptors (Lipinski definition) is 2. The Hall–Kier alpha value is -1.81. The van der Waals surface area contributed by atoms with Gasteiger partial charge in [-0.2, -0.15) is 0 Å². The van der Waals surface area contributed by atoms with Crippen molar-refractivity contribution in [1.82, 2.24) is 0 Å². The quantitative estimate of drug-likeness (QED) is 0.885. The Morgan fingerprint density at radius 3 is 2.72 bits per heavy atom. The summed E-state index contributed by atoms with van der Waals surface area (Å²) in [5.74, 6) is -1.82. The van der Waals surface area contributed by atoms with Crippen molar-refractivity contribution in [2.24, 2.45) is 0 Å². The maximum atomic E-state index is 13.4. The molecular weight excluding hydrogens is 260 g/mol. The minimum atomic E-state index is -0.945. The van der Waals surface area contributed by atoms with Gasteiger partial charge in [0.05, 0.1) is 5.69 Å². The summed E-state index contributed by atoms with van der Waals surface area (Å²) in [6.07, 6.45) is 0. The standard InChI is InChI=1S/C13H10ClF2NO/c14-9-4-5-12(18)8(6-9)7-17-11-3-1-2-10(15)13(11)16/h1-6,17-18H,7H2. The van der Waals surface area contributed by atoms with Gasteiger partial charge in [-0.25, -0.2) is 8.78 Å². The Morgan fingerprint density at radius 1 is 1.17 bits per heavy atom. The van der Waals surface area contributed by atoms with Crippen LogP contribution in [0.25, 0.3) is 0 Å². The number of benzene rings is 2. The zero-order valence-corrected chi connectivity index (χ0v) is 10.0. The third-order valence-corrected chi connectivity index (χ3v) is 2.70. The Balaban J connectivity index is 2.16. The van der Waals surface area contributed by atoms with Crippen LogP contribution in [0.1, 0.15) is 5.56 Å². The summed E-state index contributed by atoms with van der Waals surface area (Å²) < 4.78 is 26.3. The van der Waals surface area contributed by atoms with Crippen LogP contribution < -0.4 is 5.32 Å². The van der Waals surface area contributed by atoms with Gasteiger partial charge in [-0.15, -0.1) is 0 Å². The molecular formula is C13H10ClF2NO. The Bertz CT molecular complexity index is 573. The first-order valence-corrected chi connectivity index (χ1v) is 5.61. The van der Waals surface area contributed by atoms with Crippen LogP contribution in [0.2, 0.25) is 5.02 Å². The number of phenols is 1. The van der Waals surface area contributed by atoms with Crippen LogP contribution in [0.4, 0.5) is 14.5 Å². The average molecular weight is 270 g/mol. The van der Waals surface area contributed by atoms with Gasteiger partial charge in [0.2, 0.25) is 0 Å². The fourth-order valence-electron chi connectivity index (χ4n) is 1.53. The third-order valence-electron chi connectivity index (χ3n) is 2.46. The van der Waals surface area contributed by atoms with Crippen molar-refractivity contribution in [2.45, 2.75) is 6.54 Å². The monoisotopic (exact) mass is 269 g/mol. The second kappa shape index (κ2) is 5.23. The molecule has 0 aliphatic rings. The number of halogens is 3. The molecule has 0 heterocycles. The number of phenolic OH excluding ortho intramolecular Hbond substituents is 1. The van der Waals surface area contributed by atoms with E-state index in [1.165, 1.54) is 18.2 Å². The number of nitrogens with one attached hydrogen (secondary N) is 1. The van der Waals surface area contributed by atoms with Crippen molar-refractivity contribution in [3.05, 3.63) is 58.6 Å². The summed E-state index contributed by atoms with van der Waals surface area (Å²) in [7, 11) is 0. The van der Waals surface area contributed by atoms with Gasteiger partial charge in [-0.3, -0.25) is 0 Å². The third kappa shape index (κ3) is 2.71. The molecule has 18 heavy (non-hydrogen) atoms. The van der Waals surface area contributed by atoms with E-state index in [-0.39, 0.29) is 18.0 Å². The molecule has 94 valence electrons. The highest BCUT2D eigenvalue weighted by Crippen LogP contribution is 2.23. The Morgan fingerprint density at radius 2 is 1.94 bits per heavy atom. The molecule has 0 atom stereocenters. The minimum Gasteiger partial charge on any atom is -0.508 e. The van der Waals surface area contributed by atoms with Crippen molar-refractivity contribution >= 4 is 17.3 Å². The molecule has 2 rings (SSSR count). The lowest BCUT2D eigenvalue weighted by molar-refractivity contribution is 0.469. The van der Waals surface area contributed by atoms with Crippen LogP contribution in [0, 0.1) is 11.6 Å². The van der Waals surface area contributed by atoms with Gasteiger partial charge < -0.3 is 10.4 Å². The maximum Gasteiger partial charge on any atom is 0.181 e. The Labute approximate surface area is 108 Å². The molecule has 0 spiro atoms. The number of rotatable bonds is 3. The summed E-state index contributed by atoms with van der Waals surface area (Å²) in [6, 6.07) is 8.40. The minimum absolute atomic E-state index is 0.0365. The molecule has 0 aliphatic heterocycles. The summed E-state index contributed by atoms with van der Waals surface area (Å²) in [6.45, 7) is 0.146. The summed E-state index contributed by atoms with van der Waals surface area (Å²) in [4.78, 5) is 0. The van der Waals surface area contributed by atoms with Crippen LogP contribution in [0.5, 0.6) is 5.75 Å². The van der Waals surface area contributed by atoms with E-state index in [9.17, 15) is 13.9 Å². The van der Waals surface area contributed by atoms with E-state index in [0.717, 1.165) is 6.07 Å². The molecule has 2 aromatic rings. The van der Waals surface area contributed by atoms with Crippen molar-refractivity contribution < 1.29 is 13.9 Å². The highest BCUT2D eigenvalue weighted by molar-refractivity contribution is 6.30. The second-order valence-electron chi connectivity index (χ2n) is 3.73. The van der Waals surface area contributed by atoms with E-state index in [0.29, 0.717) is 10.6 Å². The van der Waals surface area contributed by atoms with Crippen LogP contribution in [-0.4, -0.2) is 5.11 Å².